The number of nitrogens with zero attached hydrogens (tertiary/aromatic N) is 3. The number of ether oxygens (including phenoxy) is 1. The van der Waals surface area contributed by atoms with Crippen LogP contribution < -0.4 is 16.0 Å². The number of hydrogen-bond donors (Lipinski definition) is 2. The molecule has 0 amide bonds. The number of fused-ring (bicyclic) bond motifs is 1. The maximum Gasteiger partial charge on any atom is 0.162 e. The summed E-state index contributed by atoms with van der Waals surface area (Å²) in [4.78, 5) is 4.68. The first kappa shape index (κ1) is 13.5. The zero-order chi connectivity index (χ0) is 14.8. The van der Waals surface area contributed by atoms with Crippen molar-refractivity contribution in [1.82, 2.24) is 20.2 Å². The highest BCUT2D eigenvalue weighted by molar-refractivity contribution is 5.78. The Morgan fingerprint density at radius 2 is 2.05 bits per heavy atom. The molecule has 3 N–H and O–H groups in total. The monoisotopic (exact) mass is 283 g/mol. The van der Waals surface area contributed by atoms with Crippen LogP contribution in [0.1, 0.15) is 17.4 Å². The molecule has 0 saturated heterocycles. The Labute approximate surface area is 122 Å². The molecule has 0 aliphatic heterocycles. The highest BCUT2D eigenvalue weighted by Gasteiger charge is 2.22. The molecule has 6 nitrogen and oxygen atoms in total. The van der Waals surface area contributed by atoms with Gasteiger partial charge in [-0.05, 0) is 12.1 Å². The lowest BCUT2D eigenvalue weighted by Gasteiger charge is -2.17. The average molecular weight is 283 g/mol. The topological polar surface area (TPSA) is 78.0 Å². The number of benzene rings is 1. The van der Waals surface area contributed by atoms with Gasteiger partial charge in [0, 0.05) is 12.4 Å². The van der Waals surface area contributed by atoms with E-state index < -0.39 is 0 Å². The van der Waals surface area contributed by atoms with E-state index in [9.17, 15) is 0 Å². The van der Waals surface area contributed by atoms with E-state index in [4.69, 9.17) is 10.6 Å². The van der Waals surface area contributed by atoms with E-state index in [1.54, 1.807) is 18.0 Å². The second-order valence-electron chi connectivity index (χ2n) is 4.75. The van der Waals surface area contributed by atoms with Gasteiger partial charge in [0.1, 0.15) is 11.7 Å². The van der Waals surface area contributed by atoms with Crippen molar-refractivity contribution in [2.45, 2.75) is 6.04 Å². The molecule has 0 fully saturated rings. The Morgan fingerprint density at radius 3 is 2.81 bits per heavy atom. The minimum absolute atomic E-state index is 0.294. The fraction of sp³-hybridized carbons (Fsp3) is 0.200. The number of hydrogen-bond acceptors (Lipinski definition) is 5. The summed E-state index contributed by atoms with van der Waals surface area (Å²) in [6, 6.07) is 11.7. The van der Waals surface area contributed by atoms with Crippen LogP contribution in [0.4, 0.5) is 0 Å². The first-order valence-corrected chi connectivity index (χ1v) is 6.62. The second-order valence-corrected chi connectivity index (χ2v) is 4.75. The van der Waals surface area contributed by atoms with Crippen molar-refractivity contribution < 1.29 is 4.74 Å². The minimum atomic E-state index is -0.294. The largest absolute Gasteiger partial charge is 0.493 e. The van der Waals surface area contributed by atoms with Crippen LogP contribution in [0.25, 0.3) is 10.9 Å². The molecule has 3 aromatic rings. The number of pyridine rings is 1. The van der Waals surface area contributed by atoms with Crippen LogP contribution in [0.2, 0.25) is 0 Å². The van der Waals surface area contributed by atoms with Gasteiger partial charge in [-0.25, -0.2) is 5.43 Å². The Balaban J connectivity index is 2.11. The van der Waals surface area contributed by atoms with Gasteiger partial charge in [0.05, 0.1) is 24.5 Å². The average Bonchev–Trinajstić information content (AvgIpc) is 2.89. The van der Waals surface area contributed by atoms with Crippen LogP contribution in [0.5, 0.6) is 5.75 Å². The maximum atomic E-state index is 5.75. The van der Waals surface area contributed by atoms with Crippen LogP contribution in [0.15, 0.2) is 42.6 Å². The lowest BCUT2D eigenvalue weighted by molar-refractivity contribution is 0.400. The van der Waals surface area contributed by atoms with E-state index >= 15 is 0 Å². The fourth-order valence-corrected chi connectivity index (χ4v) is 2.46. The van der Waals surface area contributed by atoms with E-state index in [2.05, 4.69) is 15.5 Å². The van der Waals surface area contributed by atoms with Gasteiger partial charge in [-0.15, -0.1) is 0 Å². The smallest absolute Gasteiger partial charge is 0.162 e. The fourth-order valence-electron chi connectivity index (χ4n) is 2.46. The zero-order valence-corrected chi connectivity index (χ0v) is 11.9. The van der Waals surface area contributed by atoms with Crippen molar-refractivity contribution in [3.63, 3.8) is 0 Å². The highest BCUT2D eigenvalue weighted by atomic mass is 16.5. The quantitative estimate of drug-likeness (QED) is 0.561. The van der Waals surface area contributed by atoms with Gasteiger partial charge in [-0.1, -0.05) is 24.3 Å². The van der Waals surface area contributed by atoms with Crippen LogP contribution >= 0.6 is 0 Å². The van der Waals surface area contributed by atoms with Gasteiger partial charge in [0.15, 0.2) is 5.75 Å². The van der Waals surface area contributed by atoms with Gasteiger partial charge >= 0.3 is 0 Å². The number of rotatable bonds is 4. The van der Waals surface area contributed by atoms with Gasteiger partial charge in [-0.3, -0.25) is 15.5 Å². The first-order chi connectivity index (χ1) is 10.2. The third-order valence-corrected chi connectivity index (χ3v) is 3.53. The van der Waals surface area contributed by atoms with E-state index in [1.165, 1.54) is 0 Å². The third-order valence-electron chi connectivity index (χ3n) is 3.53. The van der Waals surface area contributed by atoms with E-state index in [0.29, 0.717) is 5.75 Å². The summed E-state index contributed by atoms with van der Waals surface area (Å²) in [5, 5.41) is 5.30. The Bertz CT molecular complexity index is 768. The van der Waals surface area contributed by atoms with Crippen LogP contribution in [0.3, 0.4) is 0 Å². The lowest BCUT2D eigenvalue weighted by Crippen LogP contribution is -2.31. The number of aryl methyl sites for hydroxylation is 1. The van der Waals surface area contributed by atoms with E-state index in [-0.39, 0.29) is 6.04 Å². The molecule has 0 radical (unpaired) electrons. The predicted molar refractivity (Wildman–Crippen MR) is 80.7 cm³/mol. The summed E-state index contributed by atoms with van der Waals surface area (Å²) in [5.41, 5.74) is 5.38. The number of hydrazine groups is 1. The lowest BCUT2D eigenvalue weighted by atomic mass is 10.1. The molecule has 21 heavy (non-hydrogen) atoms. The molecular weight excluding hydrogens is 266 g/mol. The second kappa shape index (κ2) is 5.51. The Hall–Kier alpha value is -2.44. The molecule has 2 aromatic heterocycles. The summed E-state index contributed by atoms with van der Waals surface area (Å²) >= 11 is 0. The number of aromatic nitrogens is 3. The third kappa shape index (κ3) is 2.35. The summed E-state index contributed by atoms with van der Waals surface area (Å²) < 4.78 is 7.09. The van der Waals surface area contributed by atoms with Gasteiger partial charge in [0.2, 0.25) is 0 Å². The molecular formula is C15H17N5O. The molecule has 108 valence electrons. The van der Waals surface area contributed by atoms with Crippen molar-refractivity contribution in [2.24, 2.45) is 12.9 Å². The van der Waals surface area contributed by atoms with Gasteiger partial charge in [0.25, 0.3) is 0 Å². The molecule has 6 heteroatoms. The van der Waals surface area contributed by atoms with Crippen molar-refractivity contribution in [3.05, 3.63) is 54.0 Å². The number of nitrogens with one attached hydrogen (secondary N) is 1. The van der Waals surface area contributed by atoms with Crippen molar-refractivity contribution in [1.29, 1.82) is 0 Å². The van der Waals surface area contributed by atoms with Crippen molar-refractivity contribution in [3.8, 4) is 5.75 Å². The molecule has 0 aliphatic carbocycles. The van der Waals surface area contributed by atoms with Crippen LogP contribution in [-0.2, 0) is 7.05 Å². The molecule has 2 heterocycles. The van der Waals surface area contributed by atoms with Crippen LogP contribution in [0, 0.1) is 0 Å². The number of methoxy groups -OCH3 is 1. The first-order valence-electron chi connectivity index (χ1n) is 6.62. The van der Waals surface area contributed by atoms with Gasteiger partial charge in [-0.2, -0.15) is 5.10 Å². The molecule has 0 aliphatic rings. The minimum Gasteiger partial charge on any atom is -0.493 e. The Kier molecular flexibility index (Phi) is 3.55. The maximum absolute atomic E-state index is 5.75. The molecule has 1 unspecified atom stereocenters. The number of para-hydroxylation sites is 1. The van der Waals surface area contributed by atoms with Crippen molar-refractivity contribution >= 4 is 10.9 Å². The predicted octanol–water partition coefficient (Wildman–Crippen LogP) is 1.53. The summed E-state index contributed by atoms with van der Waals surface area (Å²) in [6.07, 6.45) is 1.67. The molecule has 0 bridgehead atoms. The summed E-state index contributed by atoms with van der Waals surface area (Å²) in [6.45, 7) is 0. The molecule has 3 rings (SSSR count). The normalized spacial score (nSPS) is 12.5. The molecule has 1 atom stereocenters. The van der Waals surface area contributed by atoms with E-state index in [1.807, 2.05) is 43.4 Å². The van der Waals surface area contributed by atoms with Crippen molar-refractivity contribution in [2.75, 3.05) is 7.11 Å². The van der Waals surface area contributed by atoms with E-state index in [0.717, 1.165) is 22.3 Å². The van der Waals surface area contributed by atoms with Gasteiger partial charge < -0.3 is 4.74 Å². The molecule has 0 spiro atoms. The molecule has 1 aromatic carbocycles. The summed E-state index contributed by atoms with van der Waals surface area (Å²) in [5.74, 6) is 6.42. The highest BCUT2D eigenvalue weighted by Crippen LogP contribution is 2.28. The zero-order valence-electron chi connectivity index (χ0n) is 11.9. The number of nitrogens with two attached hydrogens (primary N) is 1. The standard InChI is InChI=1S/C15H17N5O/c1-20-15(13(21-2)9-17-20)14(19-16)12-8-7-10-5-3-4-6-11(10)18-12/h3-9,14,19H,16H2,1-2H3. The van der Waals surface area contributed by atoms with Crippen LogP contribution in [-0.4, -0.2) is 21.9 Å². The summed E-state index contributed by atoms with van der Waals surface area (Å²) in [7, 11) is 3.46. The molecule has 0 saturated carbocycles. The SMILES string of the molecule is COc1cnn(C)c1C(NN)c1ccc2ccccc2n1. The Morgan fingerprint density at radius 1 is 1.24 bits per heavy atom.